The summed E-state index contributed by atoms with van der Waals surface area (Å²) in [5.74, 6) is -0.871. The van der Waals surface area contributed by atoms with Crippen molar-refractivity contribution in [1.29, 1.82) is 5.26 Å². The van der Waals surface area contributed by atoms with Crippen molar-refractivity contribution in [3.63, 3.8) is 0 Å². The van der Waals surface area contributed by atoms with Crippen LogP contribution in [-0.2, 0) is 20.7 Å². The summed E-state index contributed by atoms with van der Waals surface area (Å²) in [5.41, 5.74) is 1.96. The fourth-order valence-electron chi connectivity index (χ4n) is 2.42. The third-order valence-electron chi connectivity index (χ3n) is 3.84. The first kappa shape index (κ1) is 18.5. The molecule has 0 saturated heterocycles. The topological polar surface area (TPSA) is 92.1 Å². The summed E-state index contributed by atoms with van der Waals surface area (Å²) in [5, 5.41) is 12.3. The molecule has 0 bridgehead atoms. The normalized spacial score (nSPS) is 11.6. The van der Waals surface area contributed by atoms with E-state index in [1.807, 2.05) is 30.3 Å². The maximum Gasteiger partial charge on any atom is 0.306 e. The summed E-state index contributed by atoms with van der Waals surface area (Å²) in [6.07, 6.45) is -0.278. The average molecular weight is 379 g/mol. The molecule has 2 aromatic carbocycles. The van der Waals surface area contributed by atoms with Gasteiger partial charge < -0.3 is 10.1 Å². The zero-order valence-electron chi connectivity index (χ0n) is 14.6. The van der Waals surface area contributed by atoms with Gasteiger partial charge >= 0.3 is 5.97 Å². The van der Waals surface area contributed by atoms with Gasteiger partial charge in [-0.2, -0.15) is 5.26 Å². The summed E-state index contributed by atoms with van der Waals surface area (Å²) in [7, 11) is 0. The lowest BCUT2D eigenvalue weighted by atomic mass is 10.2. The molecule has 0 aliphatic heterocycles. The Balaban J connectivity index is 1.48. The zero-order valence-corrected chi connectivity index (χ0v) is 15.5. The molecule has 1 heterocycles. The number of carbonyl (C=O) groups is 2. The quantitative estimate of drug-likeness (QED) is 0.660. The monoisotopic (exact) mass is 379 g/mol. The lowest BCUT2D eigenvalue weighted by Gasteiger charge is -2.13. The fraction of sp³-hybridized carbons (Fsp3) is 0.200. The van der Waals surface area contributed by atoms with Gasteiger partial charge in [0.15, 0.2) is 6.10 Å². The predicted molar refractivity (Wildman–Crippen MR) is 103 cm³/mol. The first-order chi connectivity index (χ1) is 13.0. The Kier molecular flexibility index (Phi) is 5.79. The van der Waals surface area contributed by atoms with Crippen molar-refractivity contribution in [3.05, 3.63) is 59.1 Å². The van der Waals surface area contributed by atoms with E-state index in [9.17, 15) is 9.59 Å². The van der Waals surface area contributed by atoms with Crippen LogP contribution < -0.4 is 5.32 Å². The molecule has 136 valence electrons. The van der Waals surface area contributed by atoms with Crippen molar-refractivity contribution in [1.82, 2.24) is 4.98 Å². The van der Waals surface area contributed by atoms with Crippen molar-refractivity contribution < 1.29 is 14.3 Å². The second-order valence-corrected chi connectivity index (χ2v) is 7.00. The molecule has 1 aromatic heterocycles. The van der Waals surface area contributed by atoms with Crippen molar-refractivity contribution in [3.8, 4) is 6.07 Å². The fourth-order valence-corrected chi connectivity index (χ4v) is 3.38. The van der Waals surface area contributed by atoms with E-state index < -0.39 is 18.0 Å². The van der Waals surface area contributed by atoms with Gasteiger partial charge in [0.25, 0.3) is 5.91 Å². The number of anilines is 1. The molecular weight excluding hydrogens is 362 g/mol. The maximum absolute atomic E-state index is 12.1. The third kappa shape index (κ3) is 4.90. The van der Waals surface area contributed by atoms with Gasteiger partial charge in [0.05, 0.1) is 33.3 Å². The first-order valence-corrected chi connectivity index (χ1v) is 9.22. The van der Waals surface area contributed by atoms with Crippen LogP contribution in [0, 0.1) is 11.3 Å². The maximum atomic E-state index is 12.1. The summed E-state index contributed by atoms with van der Waals surface area (Å²) in [4.78, 5) is 28.6. The number of esters is 1. The van der Waals surface area contributed by atoms with E-state index in [2.05, 4.69) is 10.3 Å². The number of rotatable bonds is 6. The van der Waals surface area contributed by atoms with Gasteiger partial charge in [-0.1, -0.05) is 12.1 Å². The van der Waals surface area contributed by atoms with Crippen LogP contribution >= 0.6 is 11.3 Å². The van der Waals surface area contributed by atoms with Crippen LogP contribution in [0.5, 0.6) is 0 Å². The Hall–Kier alpha value is -3.24. The number of aryl methyl sites for hydroxylation is 1. The number of nitrogens with one attached hydrogen (secondary N) is 1. The van der Waals surface area contributed by atoms with Gasteiger partial charge in [0.1, 0.15) is 0 Å². The first-order valence-electron chi connectivity index (χ1n) is 8.40. The van der Waals surface area contributed by atoms with Crippen LogP contribution in [0.3, 0.4) is 0 Å². The molecule has 7 heteroatoms. The molecule has 0 spiro atoms. The zero-order chi connectivity index (χ0) is 19.2. The number of thiazole rings is 1. The predicted octanol–water partition coefficient (Wildman–Crippen LogP) is 3.67. The van der Waals surface area contributed by atoms with E-state index in [1.54, 1.807) is 35.6 Å². The SMILES string of the molecule is C[C@H](OC(=O)CCc1nc2ccccc2s1)C(=O)Nc1ccc(C#N)cc1. The highest BCUT2D eigenvalue weighted by Gasteiger charge is 2.18. The van der Waals surface area contributed by atoms with Crippen LogP contribution in [0.4, 0.5) is 5.69 Å². The molecule has 0 saturated carbocycles. The lowest BCUT2D eigenvalue weighted by Crippen LogP contribution is -2.30. The van der Waals surface area contributed by atoms with Crippen molar-refractivity contribution in [2.75, 3.05) is 5.32 Å². The Labute approximate surface area is 160 Å². The molecule has 0 aliphatic rings. The molecule has 1 amide bonds. The van der Waals surface area contributed by atoms with Gasteiger partial charge in [-0.05, 0) is 43.3 Å². The van der Waals surface area contributed by atoms with E-state index >= 15 is 0 Å². The van der Waals surface area contributed by atoms with Gasteiger partial charge in [-0.25, -0.2) is 4.98 Å². The summed E-state index contributed by atoms with van der Waals surface area (Å²) < 4.78 is 6.28. The number of benzene rings is 2. The Morgan fingerprint density at radius 2 is 1.96 bits per heavy atom. The number of hydrogen-bond donors (Lipinski definition) is 1. The Bertz CT molecular complexity index is 972. The van der Waals surface area contributed by atoms with Crippen LogP contribution in [-0.4, -0.2) is 23.0 Å². The number of ether oxygens (including phenoxy) is 1. The summed E-state index contributed by atoms with van der Waals surface area (Å²) in [6.45, 7) is 1.52. The van der Waals surface area contributed by atoms with Crippen molar-refractivity contribution in [2.45, 2.75) is 25.9 Å². The minimum atomic E-state index is -0.913. The molecule has 6 nitrogen and oxygen atoms in total. The van der Waals surface area contributed by atoms with Crippen LogP contribution in [0.2, 0.25) is 0 Å². The second kappa shape index (κ2) is 8.43. The number of para-hydroxylation sites is 1. The molecule has 3 aromatic rings. The van der Waals surface area contributed by atoms with E-state index in [0.717, 1.165) is 15.2 Å². The highest BCUT2D eigenvalue weighted by molar-refractivity contribution is 7.18. The van der Waals surface area contributed by atoms with Crippen LogP contribution in [0.25, 0.3) is 10.2 Å². The number of hydrogen-bond acceptors (Lipinski definition) is 6. The van der Waals surface area contributed by atoms with Gasteiger partial charge in [-0.15, -0.1) is 11.3 Å². The number of amides is 1. The average Bonchev–Trinajstić information content (AvgIpc) is 3.10. The smallest absolute Gasteiger partial charge is 0.306 e. The summed E-state index contributed by atoms with van der Waals surface area (Å²) in [6, 6.07) is 16.3. The number of carbonyl (C=O) groups excluding carboxylic acids is 2. The molecule has 0 radical (unpaired) electrons. The van der Waals surface area contributed by atoms with Gasteiger partial charge in [-0.3, -0.25) is 9.59 Å². The second-order valence-electron chi connectivity index (χ2n) is 5.89. The molecule has 1 atom stereocenters. The minimum absolute atomic E-state index is 0.161. The largest absolute Gasteiger partial charge is 0.453 e. The third-order valence-corrected chi connectivity index (χ3v) is 4.94. The number of fused-ring (bicyclic) bond motifs is 1. The molecule has 27 heavy (non-hydrogen) atoms. The van der Waals surface area contributed by atoms with Crippen molar-refractivity contribution in [2.24, 2.45) is 0 Å². The van der Waals surface area contributed by atoms with Crippen LogP contribution in [0.15, 0.2) is 48.5 Å². The van der Waals surface area contributed by atoms with E-state index in [1.165, 1.54) is 6.92 Å². The molecule has 1 N–H and O–H groups in total. The van der Waals surface area contributed by atoms with E-state index in [4.69, 9.17) is 10.00 Å². The molecule has 0 aliphatic carbocycles. The van der Waals surface area contributed by atoms with Crippen LogP contribution in [0.1, 0.15) is 23.9 Å². The number of nitrogens with zero attached hydrogens (tertiary/aromatic N) is 2. The molecule has 3 rings (SSSR count). The summed E-state index contributed by atoms with van der Waals surface area (Å²) >= 11 is 1.55. The minimum Gasteiger partial charge on any atom is -0.453 e. The van der Waals surface area contributed by atoms with E-state index in [-0.39, 0.29) is 6.42 Å². The number of nitriles is 1. The lowest BCUT2D eigenvalue weighted by molar-refractivity contribution is -0.153. The number of aromatic nitrogens is 1. The Morgan fingerprint density at radius 3 is 2.67 bits per heavy atom. The molecular formula is C20H17N3O3S. The Morgan fingerprint density at radius 1 is 1.22 bits per heavy atom. The van der Waals surface area contributed by atoms with Gasteiger partial charge in [0.2, 0.25) is 0 Å². The standard InChI is InChI=1S/C20H17N3O3S/c1-13(20(25)22-15-8-6-14(12-21)7-9-15)26-19(24)11-10-18-23-16-4-2-3-5-17(16)27-18/h2-9,13H,10-11H2,1H3,(H,22,25)/t13-/m0/s1. The van der Waals surface area contributed by atoms with Gasteiger partial charge in [0, 0.05) is 12.1 Å². The highest BCUT2D eigenvalue weighted by atomic mass is 32.1. The molecule has 0 fully saturated rings. The molecule has 0 unspecified atom stereocenters. The highest BCUT2D eigenvalue weighted by Crippen LogP contribution is 2.22. The van der Waals surface area contributed by atoms with Crippen molar-refractivity contribution >= 4 is 39.1 Å². The van der Waals surface area contributed by atoms with E-state index in [0.29, 0.717) is 17.7 Å².